The van der Waals surface area contributed by atoms with Gasteiger partial charge in [0.15, 0.2) is 22.8 Å². The summed E-state index contributed by atoms with van der Waals surface area (Å²) >= 11 is 0.752. The van der Waals surface area contributed by atoms with E-state index < -0.39 is 114 Å². The van der Waals surface area contributed by atoms with Crippen LogP contribution >= 0.6 is 35.2 Å². The van der Waals surface area contributed by atoms with Crippen molar-refractivity contribution in [3.63, 3.8) is 0 Å². The molecular weight excluding hydrogens is 927 g/mol. The lowest BCUT2D eigenvalue weighted by Crippen LogP contribution is -2.46. The summed E-state index contributed by atoms with van der Waals surface area (Å²) in [4.78, 5) is 123. The Morgan fingerprint density at radius 3 is 2.25 bits per heavy atom. The number of imidazole rings is 1. The minimum Gasteiger partial charge on any atom is -0.386 e. The fraction of sp³-hybridized carbons (Fsp3) is 0.656. The Kier molecular flexibility index (Phi) is 20.2. The number of amides is 2. The average molecular weight is 978 g/mol. The number of hydrogen-bond acceptors (Lipinski definition) is 21. The first kappa shape index (κ1) is 53.9. The Morgan fingerprint density at radius 1 is 0.937 bits per heavy atom. The molecule has 7 atom stereocenters. The summed E-state index contributed by atoms with van der Waals surface area (Å²) in [5, 5.41) is 25.7. The van der Waals surface area contributed by atoms with Crippen LogP contribution in [-0.2, 0) is 65.1 Å². The van der Waals surface area contributed by atoms with Gasteiger partial charge in [-0.3, -0.25) is 46.9 Å². The molecular formula is C32H50N7O20P3S. The quantitative estimate of drug-likeness (QED) is 0.0301. The number of nitrogens with two attached hydrogens (primary N) is 1. The van der Waals surface area contributed by atoms with Crippen LogP contribution in [0, 0.1) is 5.41 Å². The maximum Gasteiger partial charge on any atom is 0.481 e. The van der Waals surface area contributed by atoms with E-state index >= 15 is 0 Å². The van der Waals surface area contributed by atoms with Gasteiger partial charge in [0, 0.05) is 37.1 Å². The van der Waals surface area contributed by atoms with Crippen LogP contribution in [0.1, 0.15) is 71.9 Å². The van der Waals surface area contributed by atoms with Crippen molar-refractivity contribution in [1.29, 1.82) is 0 Å². The third kappa shape index (κ3) is 17.8. The minimum absolute atomic E-state index is 0.00414. The van der Waals surface area contributed by atoms with E-state index in [0.29, 0.717) is 6.42 Å². The van der Waals surface area contributed by atoms with Gasteiger partial charge in [-0.2, -0.15) is 4.31 Å². The molecule has 1 fully saturated rings. The summed E-state index contributed by atoms with van der Waals surface area (Å²) in [5.74, 6) is -3.01. The first-order chi connectivity index (χ1) is 29.2. The Hall–Kier alpha value is -3.43. The van der Waals surface area contributed by atoms with E-state index in [1.165, 1.54) is 13.8 Å². The lowest BCUT2D eigenvalue weighted by Gasteiger charge is -2.30. The number of rotatable bonds is 28. The lowest BCUT2D eigenvalue weighted by molar-refractivity contribution is -0.137. The summed E-state index contributed by atoms with van der Waals surface area (Å²) in [7, 11) is -16.5. The summed E-state index contributed by atoms with van der Waals surface area (Å²) in [6.45, 7) is 1.94. The number of fused-ring (bicyclic) bond motifs is 1. The molecule has 0 aromatic carbocycles. The molecule has 31 heteroatoms. The summed E-state index contributed by atoms with van der Waals surface area (Å²) in [6.07, 6.45) is -6.93. The van der Waals surface area contributed by atoms with Gasteiger partial charge < -0.3 is 50.9 Å². The predicted octanol–water partition coefficient (Wildman–Crippen LogP) is -0.267. The molecule has 2 amide bonds. The van der Waals surface area contributed by atoms with Crippen LogP contribution in [-0.4, -0.2) is 140 Å². The molecule has 2 aromatic heterocycles. The second-order valence-electron chi connectivity index (χ2n) is 14.5. The molecule has 0 saturated carbocycles. The second-order valence-corrected chi connectivity index (χ2v) is 19.9. The van der Waals surface area contributed by atoms with E-state index in [0.717, 1.165) is 35.4 Å². The number of unbranched alkanes of at least 4 members (excludes halogenated alkanes) is 1. The van der Waals surface area contributed by atoms with Crippen molar-refractivity contribution in [2.45, 2.75) is 96.4 Å². The zero-order valence-electron chi connectivity index (χ0n) is 34.0. The number of Topliss-reactive ketones (excluding diaryl/α,β-unsaturated/α-hetero) is 3. The van der Waals surface area contributed by atoms with E-state index in [9.17, 15) is 72.2 Å². The van der Waals surface area contributed by atoms with E-state index in [1.54, 1.807) is 0 Å². The van der Waals surface area contributed by atoms with Crippen molar-refractivity contribution in [2.24, 2.45) is 5.41 Å². The summed E-state index contributed by atoms with van der Waals surface area (Å²) in [6, 6.07) is 0. The minimum atomic E-state index is -5.61. The number of nitrogens with one attached hydrogen (secondary N) is 2. The van der Waals surface area contributed by atoms with Crippen LogP contribution in [0.5, 0.6) is 0 Å². The van der Waals surface area contributed by atoms with Crippen LogP contribution < -0.4 is 16.4 Å². The largest absolute Gasteiger partial charge is 0.481 e. The van der Waals surface area contributed by atoms with E-state index in [2.05, 4.69) is 34.4 Å². The molecule has 3 unspecified atom stereocenters. The highest BCUT2D eigenvalue weighted by atomic mass is 32.2. The highest BCUT2D eigenvalue weighted by molar-refractivity contribution is 8.13. The molecule has 3 rings (SSSR count). The lowest BCUT2D eigenvalue weighted by atomic mass is 9.87. The second kappa shape index (κ2) is 23.7. The highest BCUT2D eigenvalue weighted by Gasteiger charge is 2.50. The van der Waals surface area contributed by atoms with Gasteiger partial charge in [0.05, 0.1) is 38.8 Å². The maximum atomic E-state index is 12.7. The van der Waals surface area contributed by atoms with Crippen LogP contribution in [0.15, 0.2) is 12.7 Å². The fourth-order valence-corrected chi connectivity index (χ4v) is 9.06. The van der Waals surface area contributed by atoms with Crippen LogP contribution in [0.2, 0.25) is 0 Å². The van der Waals surface area contributed by atoms with Gasteiger partial charge in [0.25, 0.3) is 0 Å². The van der Waals surface area contributed by atoms with Gasteiger partial charge >= 0.3 is 23.5 Å². The van der Waals surface area contributed by atoms with Gasteiger partial charge in [0.2, 0.25) is 11.8 Å². The monoisotopic (exact) mass is 977 g/mol. The van der Waals surface area contributed by atoms with Crippen molar-refractivity contribution >= 4 is 86.5 Å². The molecule has 0 aliphatic carbocycles. The van der Waals surface area contributed by atoms with Gasteiger partial charge in [-0.15, -0.1) is 0 Å². The number of carbonyl (C=O) groups excluding carboxylic acids is 6. The molecule has 1 aliphatic heterocycles. The van der Waals surface area contributed by atoms with Crippen molar-refractivity contribution in [2.75, 3.05) is 37.8 Å². The number of thioether (sulfide) groups is 1. The van der Waals surface area contributed by atoms with Crippen molar-refractivity contribution < 1.29 is 94.9 Å². The zero-order valence-corrected chi connectivity index (χ0v) is 37.5. The molecule has 1 aliphatic rings. The molecule has 2 aromatic rings. The smallest absolute Gasteiger partial charge is 0.386 e. The number of carbonyl (C=O) groups is 6. The van der Waals surface area contributed by atoms with Gasteiger partial charge in [-0.1, -0.05) is 39.0 Å². The SMILES string of the molecule is CCCCC(=O)CC(=O)CC(=O)CC(=O)SCCNC(=O)CCNC(=O)C(O)C(C)(C)COP(=O)(O)OP(=O)(O)OC[C@H]1O[C@@H](n2cnc3c(N)ncnc32)[C@H](O)[C@@H]1OP(=O)(O)O. The number of aromatic nitrogens is 4. The number of aliphatic hydroxyl groups excluding tert-OH is 2. The van der Waals surface area contributed by atoms with Crippen molar-refractivity contribution in [1.82, 2.24) is 30.2 Å². The molecule has 10 N–H and O–H groups in total. The van der Waals surface area contributed by atoms with Crippen LogP contribution in [0.4, 0.5) is 5.82 Å². The maximum absolute atomic E-state index is 12.7. The standard InChI is InChI=1S/C32H50N7O20P3S/c1-4-5-6-18(40)11-19(41)12-20(42)13-23(44)63-10-9-34-22(43)7-8-35-30(47)27(46)32(2,3)15-56-62(53,54)59-61(51,52)55-14-21-26(58-60(48,49)50)25(45)31(57-21)39-17-38-24-28(33)36-16-37-29(24)39/h16-17,21,25-27,31,45-46H,4-15H2,1-3H3,(H,34,43)(H,35,47)(H,51,52)(H,53,54)(H2,33,36,37)(H2,48,49,50)/t21-,25-,26-,27?,31-/m1/s1. The highest BCUT2D eigenvalue weighted by Crippen LogP contribution is 2.61. The fourth-order valence-electron chi connectivity index (χ4n) is 5.53. The summed E-state index contributed by atoms with van der Waals surface area (Å²) in [5.41, 5.74) is 4.17. The number of anilines is 1. The molecule has 63 heavy (non-hydrogen) atoms. The molecule has 354 valence electrons. The van der Waals surface area contributed by atoms with E-state index in [-0.39, 0.29) is 60.9 Å². The molecule has 0 bridgehead atoms. The number of aliphatic hydroxyl groups is 2. The number of ether oxygens (including phenoxy) is 1. The number of phosphoric ester groups is 3. The third-order valence-corrected chi connectivity index (χ3v) is 12.7. The Balaban J connectivity index is 1.41. The van der Waals surface area contributed by atoms with Gasteiger partial charge in [-0.25, -0.2) is 28.6 Å². The van der Waals surface area contributed by atoms with Crippen molar-refractivity contribution in [3.8, 4) is 0 Å². The Labute approximate surface area is 363 Å². The van der Waals surface area contributed by atoms with Crippen molar-refractivity contribution in [3.05, 3.63) is 12.7 Å². The first-order valence-electron chi connectivity index (χ1n) is 18.8. The first-order valence-corrected chi connectivity index (χ1v) is 24.3. The van der Waals surface area contributed by atoms with Crippen LogP contribution in [0.25, 0.3) is 11.2 Å². The number of nitrogen functional groups attached to an aromatic ring is 1. The molecule has 27 nitrogen and oxygen atoms in total. The molecule has 0 radical (unpaired) electrons. The van der Waals surface area contributed by atoms with Gasteiger partial charge in [0.1, 0.15) is 53.6 Å². The normalized spacial score (nSPS) is 20.4. The predicted molar refractivity (Wildman–Crippen MR) is 215 cm³/mol. The van der Waals surface area contributed by atoms with Crippen LogP contribution in [0.3, 0.4) is 0 Å². The topological polar surface area (TPSA) is 415 Å². The number of hydrogen-bond donors (Lipinski definition) is 9. The number of nitrogens with zero attached hydrogens (tertiary/aromatic N) is 4. The Bertz CT molecular complexity index is 2120. The molecule has 1 saturated heterocycles. The van der Waals surface area contributed by atoms with Gasteiger partial charge in [-0.05, 0) is 6.42 Å². The average Bonchev–Trinajstić information content (AvgIpc) is 3.73. The number of phosphoric acid groups is 3. The molecule has 3 heterocycles. The summed E-state index contributed by atoms with van der Waals surface area (Å²) < 4.78 is 62.1. The zero-order chi connectivity index (χ0) is 47.3. The molecule has 0 spiro atoms. The third-order valence-electron chi connectivity index (χ3n) is 8.70. The van der Waals surface area contributed by atoms with E-state index in [1.807, 2.05) is 6.92 Å². The number of ketones is 3. The Morgan fingerprint density at radius 2 is 1.59 bits per heavy atom. The van der Waals surface area contributed by atoms with E-state index in [4.69, 9.17) is 19.5 Å².